The monoisotopic (exact) mass is 317 g/mol. The predicted octanol–water partition coefficient (Wildman–Crippen LogP) is 3.40. The third-order valence-corrected chi connectivity index (χ3v) is 4.08. The number of amides is 1. The van der Waals surface area contributed by atoms with Gasteiger partial charge in [0.2, 0.25) is 0 Å². The third-order valence-electron chi connectivity index (χ3n) is 3.17. The molecule has 1 aliphatic carbocycles. The number of hydrogen-bond donors (Lipinski definition) is 1. The van der Waals surface area contributed by atoms with Crippen LogP contribution in [0.15, 0.2) is 18.2 Å². The third kappa shape index (κ3) is 3.28. The Bertz CT molecular complexity index is 445. The Morgan fingerprint density at radius 2 is 1.89 bits per heavy atom. The Labute approximate surface area is 113 Å². The topological polar surface area (TPSA) is 29.1 Å². The molecule has 1 saturated carbocycles. The molecule has 0 atom stereocenters. The second-order valence-corrected chi connectivity index (χ2v) is 5.84. The van der Waals surface area contributed by atoms with Gasteiger partial charge in [-0.2, -0.15) is 0 Å². The van der Waals surface area contributed by atoms with Gasteiger partial charge in [0.15, 0.2) is 0 Å². The number of alkyl halides is 1. The summed E-state index contributed by atoms with van der Waals surface area (Å²) in [5.74, 6) is -1.96. The van der Waals surface area contributed by atoms with Gasteiger partial charge in [0.05, 0.1) is 5.56 Å². The second kappa shape index (κ2) is 5.78. The SMILES string of the molecule is O=C(NC1CCC(Br)CC1)c1ccc(F)cc1F. The van der Waals surface area contributed by atoms with Crippen LogP contribution in [0.1, 0.15) is 36.0 Å². The lowest BCUT2D eigenvalue weighted by Crippen LogP contribution is -2.38. The van der Waals surface area contributed by atoms with E-state index in [9.17, 15) is 13.6 Å². The minimum absolute atomic E-state index is 0.0794. The Morgan fingerprint density at radius 3 is 2.50 bits per heavy atom. The van der Waals surface area contributed by atoms with Crippen molar-refractivity contribution in [3.05, 3.63) is 35.4 Å². The molecule has 0 radical (unpaired) electrons. The molecule has 1 amide bonds. The molecule has 1 aliphatic rings. The fourth-order valence-corrected chi connectivity index (χ4v) is 2.66. The first kappa shape index (κ1) is 13.5. The van der Waals surface area contributed by atoms with Gasteiger partial charge in [0.1, 0.15) is 11.6 Å². The summed E-state index contributed by atoms with van der Waals surface area (Å²) in [5.41, 5.74) is -0.0997. The van der Waals surface area contributed by atoms with Crippen LogP contribution in [0.4, 0.5) is 8.78 Å². The minimum Gasteiger partial charge on any atom is -0.349 e. The van der Waals surface area contributed by atoms with E-state index in [0.717, 1.165) is 37.8 Å². The van der Waals surface area contributed by atoms with Crippen LogP contribution in [-0.4, -0.2) is 16.8 Å². The molecule has 1 N–H and O–H groups in total. The fourth-order valence-electron chi connectivity index (χ4n) is 2.13. The van der Waals surface area contributed by atoms with Gasteiger partial charge in [0, 0.05) is 16.9 Å². The lowest BCUT2D eigenvalue weighted by molar-refractivity contribution is 0.0924. The summed E-state index contributed by atoms with van der Waals surface area (Å²) >= 11 is 3.53. The van der Waals surface area contributed by atoms with Crippen LogP contribution in [0.5, 0.6) is 0 Å². The van der Waals surface area contributed by atoms with Crippen LogP contribution in [0.3, 0.4) is 0 Å². The highest BCUT2D eigenvalue weighted by molar-refractivity contribution is 9.09. The number of carbonyl (C=O) groups is 1. The smallest absolute Gasteiger partial charge is 0.254 e. The molecule has 0 bridgehead atoms. The lowest BCUT2D eigenvalue weighted by atomic mass is 9.95. The van der Waals surface area contributed by atoms with Crippen molar-refractivity contribution in [3.8, 4) is 0 Å². The van der Waals surface area contributed by atoms with Gasteiger partial charge in [-0.05, 0) is 37.8 Å². The summed E-state index contributed by atoms with van der Waals surface area (Å²) < 4.78 is 26.1. The Morgan fingerprint density at radius 1 is 1.22 bits per heavy atom. The van der Waals surface area contributed by atoms with Crippen LogP contribution in [0.25, 0.3) is 0 Å². The van der Waals surface area contributed by atoms with Gasteiger partial charge >= 0.3 is 0 Å². The van der Waals surface area contributed by atoms with Gasteiger partial charge in [-0.3, -0.25) is 4.79 Å². The summed E-state index contributed by atoms with van der Waals surface area (Å²) in [4.78, 5) is 12.3. The molecule has 98 valence electrons. The highest BCUT2D eigenvalue weighted by Gasteiger charge is 2.22. The normalized spacial score (nSPS) is 23.7. The van der Waals surface area contributed by atoms with Crippen LogP contribution in [-0.2, 0) is 0 Å². The molecule has 0 unspecified atom stereocenters. The van der Waals surface area contributed by atoms with E-state index in [2.05, 4.69) is 21.2 Å². The number of nitrogens with one attached hydrogen (secondary N) is 1. The number of benzene rings is 1. The van der Waals surface area contributed by atoms with Crippen molar-refractivity contribution < 1.29 is 13.6 Å². The Kier molecular flexibility index (Phi) is 4.32. The Hall–Kier alpha value is -0.970. The molecule has 1 aromatic carbocycles. The van der Waals surface area contributed by atoms with E-state index in [1.807, 2.05) is 0 Å². The number of hydrogen-bond acceptors (Lipinski definition) is 1. The molecule has 1 fully saturated rings. The van der Waals surface area contributed by atoms with E-state index >= 15 is 0 Å². The Balaban J connectivity index is 1.99. The van der Waals surface area contributed by atoms with Crippen LogP contribution < -0.4 is 5.32 Å². The minimum atomic E-state index is -0.818. The zero-order valence-electron chi connectivity index (χ0n) is 9.76. The quantitative estimate of drug-likeness (QED) is 0.832. The zero-order chi connectivity index (χ0) is 13.1. The largest absolute Gasteiger partial charge is 0.349 e. The zero-order valence-corrected chi connectivity index (χ0v) is 11.3. The van der Waals surface area contributed by atoms with Crippen LogP contribution in [0, 0.1) is 11.6 Å². The second-order valence-electron chi connectivity index (χ2n) is 4.55. The molecule has 5 heteroatoms. The summed E-state index contributed by atoms with van der Waals surface area (Å²) in [6, 6.07) is 3.07. The molecule has 2 nitrogen and oxygen atoms in total. The summed E-state index contributed by atoms with van der Waals surface area (Å²) in [7, 11) is 0. The first-order valence-electron chi connectivity index (χ1n) is 5.96. The molecular formula is C13H14BrF2NO. The maximum atomic E-state index is 13.4. The lowest BCUT2D eigenvalue weighted by Gasteiger charge is -2.26. The fraction of sp³-hybridized carbons (Fsp3) is 0.462. The molecule has 1 aromatic rings. The summed E-state index contributed by atoms with van der Waals surface area (Å²) in [5, 5.41) is 2.79. The molecule has 18 heavy (non-hydrogen) atoms. The van der Waals surface area contributed by atoms with Crippen LogP contribution >= 0.6 is 15.9 Å². The van der Waals surface area contributed by atoms with Crippen molar-refractivity contribution in [3.63, 3.8) is 0 Å². The standard InChI is InChI=1S/C13H14BrF2NO/c14-8-1-4-10(5-2-8)17-13(18)11-6-3-9(15)7-12(11)16/h3,6-8,10H,1-2,4-5H2,(H,17,18). The summed E-state index contributed by atoms with van der Waals surface area (Å²) in [6.45, 7) is 0. The summed E-state index contributed by atoms with van der Waals surface area (Å²) in [6.07, 6.45) is 3.75. The highest BCUT2D eigenvalue weighted by Crippen LogP contribution is 2.24. The van der Waals surface area contributed by atoms with E-state index in [-0.39, 0.29) is 11.6 Å². The van der Waals surface area contributed by atoms with E-state index < -0.39 is 17.5 Å². The van der Waals surface area contributed by atoms with Gasteiger partial charge in [-0.1, -0.05) is 15.9 Å². The average molecular weight is 318 g/mol. The molecule has 0 aliphatic heterocycles. The molecule has 0 aromatic heterocycles. The van der Waals surface area contributed by atoms with Crippen molar-refractivity contribution in [2.24, 2.45) is 0 Å². The number of halogens is 3. The molecule has 0 heterocycles. The predicted molar refractivity (Wildman–Crippen MR) is 68.8 cm³/mol. The van der Waals surface area contributed by atoms with Crippen molar-refractivity contribution in [1.82, 2.24) is 5.32 Å². The molecule has 2 rings (SSSR count). The maximum Gasteiger partial charge on any atom is 0.254 e. The van der Waals surface area contributed by atoms with E-state index in [4.69, 9.17) is 0 Å². The highest BCUT2D eigenvalue weighted by atomic mass is 79.9. The van der Waals surface area contributed by atoms with Crippen molar-refractivity contribution in [1.29, 1.82) is 0 Å². The van der Waals surface area contributed by atoms with Crippen molar-refractivity contribution in [2.45, 2.75) is 36.6 Å². The van der Waals surface area contributed by atoms with E-state index in [0.29, 0.717) is 4.83 Å². The first-order chi connectivity index (χ1) is 8.56. The van der Waals surface area contributed by atoms with Crippen LogP contribution in [0.2, 0.25) is 0 Å². The first-order valence-corrected chi connectivity index (χ1v) is 6.88. The van der Waals surface area contributed by atoms with Gasteiger partial charge in [-0.15, -0.1) is 0 Å². The van der Waals surface area contributed by atoms with Gasteiger partial charge in [0.25, 0.3) is 5.91 Å². The van der Waals surface area contributed by atoms with E-state index in [1.165, 1.54) is 6.07 Å². The average Bonchev–Trinajstić information content (AvgIpc) is 2.32. The van der Waals surface area contributed by atoms with Crippen molar-refractivity contribution in [2.75, 3.05) is 0 Å². The molecule has 0 spiro atoms. The maximum absolute atomic E-state index is 13.4. The molecule has 0 saturated heterocycles. The van der Waals surface area contributed by atoms with Gasteiger partial charge in [-0.25, -0.2) is 8.78 Å². The van der Waals surface area contributed by atoms with E-state index in [1.54, 1.807) is 0 Å². The van der Waals surface area contributed by atoms with Gasteiger partial charge < -0.3 is 5.32 Å². The molecular weight excluding hydrogens is 304 g/mol. The van der Waals surface area contributed by atoms with Crippen molar-refractivity contribution >= 4 is 21.8 Å². The number of rotatable bonds is 2. The number of carbonyl (C=O) groups excluding carboxylic acids is 1.